The first kappa shape index (κ1) is 14.7. The fourth-order valence-electron chi connectivity index (χ4n) is 3.23. The maximum atomic E-state index is 13.0. The largest absolute Gasteiger partial charge is 0.376 e. The summed E-state index contributed by atoms with van der Waals surface area (Å²) >= 11 is 1.61. The number of hydrogen-bond donors (Lipinski definition) is 1. The van der Waals surface area contributed by atoms with Gasteiger partial charge < -0.3 is 15.0 Å². The van der Waals surface area contributed by atoms with E-state index in [2.05, 4.69) is 10.3 Å². The molecule has 3 heterocycles. The van der Waals surface area contributed by atoms with Crippen molar-refractivity contribution >= 4 is 22.9 Å². The third-order valence-electron chi connectivity index (χ3n) is 4.36. The van der Waals surface area contributed by atoms with Crippen LogP contribution in [0.1, 0.15) is 40.1 Å². The summed E-state index contributed by atoms with van der Waals surface area (Å²) < 4.78 is 5.74. The number of nitrogens with one attached hydrogen (secondary N) is 1. The molecular formula is C17H19N3O2S. The van der Waals surface area contributed by atoms with Gasteiger partial charge in [0.15, 0.2) is 0 Å². The summed E-state index contributed by atoms with van der Waals surface area (Å²) in [5.74, 6) is 0.0468. The average molecular weight is 329 g/mol. The zero-order chi connectivity index (χ0) is 15.8. The van der Waals surface area contributed by atoms with Gasteiger partial charge >= 0.3 is 0 Å². The average Bonchev–Trinajstić information content (AvgIpc) is 3.21. The molecule has 120 valence electrons. The fraction of sp³-hybridized carbons (Fsp3) is 0.412. The molecule has 2 aliphatic heterocycles. The molecule has 2 aliphatic rings. The molecule has 1 saturated heterocycles. The van der Waals surface area contributed by atoms with Gasteiger partial charge in [-0.2, -0.15) is 0 Å². The molecule has 0 bridgehead atoms. The van der Waals surface area contributed by atoms with E-state index < -0.39 is 0 Å². The van der Waals surface area contributed by atoms with E-state index in [1.54, 1.807) is 11.3 Å². The summed E-state index contributed by atoms with van der Waals surface area (Å²) in [5.41, 5.74) is 2.48. The van der Waals surface area contributed by atoms with Crippen molar-refractivity contribution in [3.05, 3.63) is 45.9 Å². The van der Waals surface area contributed by atoms with Crippen molar-refractivity contribution in [2.24, 2.45) is 0 Å². The Labute approximate surface area is 139 Å². The fourth-order valence-corrected chi connectivity index (χ4v) is 3.86. The van der Waals surface area contributed by atoms with Gasteiger partial charge in [0.2, 0.25) is 0 Å². The quantitative estimate of drug-likeness (QED) is 0.939. The number of anilines is 1. The summed E-state index contributed by atoms with van der Waals surface area (Å²) in [7, 11) is 0. The molecule has 0 radical (unpaired) electrons. The number of thiazole rings is 1. The minimum Gasteiger partial charge on any atom is -0.376 e. The summed E-state index contributed by atoms with van der Waals surface area (Å²) in [6, 6.07) is 7.66. The van der Waals surface area contributed by atoms with E-state index in [9.17, 15) is 4.79 Å². The van der Waals surface area contributed by atoms with E-state index in [1.807, 2.05) is 41.5 Å². The molecule has 2 aromatic rings. The first-order valence-corrected chi connectivity index (χ1v) is 8.80. The van der Waals surface area contributed by atoms with Crippen LogP contribution in [0.2, 0.25) is 0 Å². The highest BCUT2D eigenvalue weighted by Crippen LogP contribution is 2.34. The number of para-hydroxylation sites is 1. The standard InChI is InChI=1S/C17H19N3O2S/c1-11-18-15(10-23-11)16-19-14-7-3-2-6-13(14)17(21)20(16)9-12-5-4-8-22-12/h2-3,6-7,10,12,16,19H,4-5,8-9H2,1H3/t12-,16-/m1/s1. The zero-order valence-corrected chi connectivity index (χ0v) is 13.8. The predicted molar refractivity (Wildman–Crippen MR) is 89.7 cm³/mol. The Balaban J connectivity index is 1.70. The van der Waals surface area contributed by atoms with Crippen molar-refractivity contribution in [3.8, 4) is 0 Å². The van der Waals surface area contributed by atoms with Gasteiger partial charge in [-0.05, 0) is 31.9 Å². The van der Waals surface area contributed by atoms with Gasteiger partial charge in [0.25, 0.3) is 5.91 Å². The van der Waals surface area contributed by atoms with Crippen LogP contribution in [0.5, 0.6) is 0 Å². The van der Waals surface area contributed by atoms with E-state index in [0.717, 1.165) is 35.8 Å². The van der Waals surface area contributed by atoms with Crippen molar-refractivity contribution in [2.75, 3.05) is 18.5 Å². The van der Waals surface area contributed by atoms with Gasteiger partial charge in [-0.1, -0.05) is 12.1 Å². The number of fused-ring (bicyclic) bond motifs is 1. The lowest BCUT2D eigenvalue weighted by molar-refractivity contribution is 0.0423. The molecule has 6 heteroatoms. The van der Waals surface area contributed by atoms with Crippen LogP contribution in [0.3, 0.4) is 0 Å². The smallest absolute Gasteiger partial charge is 0.257 e. The van der Waals surface area contributed by atoms with Crippen molar-refractivity contribution < 1.29 is 9.53 Å². The highest BCUT2D eigenvalue weighted by Gasteiger charge is 2.36. The molecule has 0 saturated carbocycles. The Morgan fingerprint density at radius 2 is 2.30 bits per heavy atom. The van der Waals surface area contributed by atoms with Gasteiger partial charge in [-0.15, -0.1) is 11.3 Å². The second-order valence-electron chi connectivity index (χ2n) is 5.98. The molecular weight excluding hydrogens is 310 g/mol. The zero-order valence-electron chi connectivity index (χ0n) is 13.0. The van der Waals surface area contributed by atoms with Gasteiger partial charge in [-0.3, -0.25) is 4.79 Å². The predicted octanol–water partition coefficient (Wildman–Crippen LogP) is 3.20. The second kappa shape index (κ2) is 5.94. The number of carbonyl (C=O) groups excluding carboxylic acids is 1. The Morgan fingerprint density at radius 1 is 1.43 bits per heavy atom. The number of benzene rings is 1. The number of amides is 1. The van der Waals surface area contributed by atoms with Crippen LogP contribution in [0.25, 0.3) is 0 Å². The number of hydrogen-bond acceptors (Lipinski definition) is 5. The van der Waals surface area contributed by atoms with Crippen molar-refractivity contribution in [1.29, 1.82) is 0 Å². The molecule has 0 unspecified atom stereocenters. The first-order valence-electron chi connectivity index (χ1n) is 7.92. The number of nitrogens with zero attached hydrogens (tertiary/aromatic N) is 2. The molecule has 0 aliphatic carbocycles. The summed E-state index contributed by atoms with van der Waals surface area (Å²) in [4.78, 5) is 19.5. The molecule has 1 amide bonds. The van der Waals surface area contributed by atoms with Crippen molar-refractivity contribution in [3.63, 3.8) is 0 Å². The minimum absolute atomic E-state index is 0.0468. The lowest BCUT2D eigenvalue weighted by atomic mass is 10.1. The summed E-state index contributed by atoms with van der Waals surface area (Å²) in [5, 5.41) is 6.50. The number of rotatable bonds is 3. The van der Waals surface area contributed by atoms with Gasteiger partial charge in [0.05, 0.1) is 22.4 Å². The van der Waals surface area contributed by atoms with Gasteiger partial charge in [0, 0.05) is 24.2 Å². The van der Waals surface area contributed by atoms with E-state index in [1.165, 1.54) is 0 Å². The molecule has 1 aromatic heterocycles. The maximum absolute atomic E-state index is 13.0. The van der Waals surface area contributed by atoms with Crippen LogP contribution < -0.4 is 5.32 Å². The van der Waals surface area contributed by atoms with Crippen LogP contribution in [-0.4, -0.2) is 35.0 Å². The monoisotopic (exact) mass is 329 g/mol. The number of aryl methyl sites for hydroxylation is 1. The lowest BCUT2D eigenvalue weighted by Gasteiger charge is -2.38. The molecule has 23 heavy (non-hydrogen) atoms. The van der Waals surface area contributed by atoms with Crippen LogP contribution in [0, 0.1) is 6.92 Å². The SMILES string of the molecule is Cc1nc([C@@H]2Nc3ccccc3C(=O)N2C[C@H]2CCCO2)cs1. The molecule has 2 atom stereocenters. The van der Waals surface area contributed by atoms with Crippen LogP contribution in [0.15, 0.2) is 29.6 Å². The summed E-state index contributed by atoms with van der Waals surface area (Å²) in [6.07, 6.45) is 1.96. The summed E-state index contributed by atoms with van der Waals surface area (Å²) in [6.45, 7) is 3.37. The Hall–Kier alpha value is -1.92. The third-order valence-corrected chi connectivity index (χ3v) is 5.16. The van der Waals surface area contributed by atoms with Gasteiger partial charge in [-0.25, -0.2) is 4.98 Å². The van der Waals surface area contributed by atoms with Gasteiger partial charge in [0.1, 0.15) is 6.17 Å². The van der Waals surface area contributed by atoms with E-state index in [-0.39, 0.29) is 18.2 Å². The number of aromatic nitrogens is 1. The van der Waals surface area contributed by atoms with Crippen molar-refractivity contribution in [2.45, 2.75) is 32.0 Å². The van der Waals surface area contributed by atoms with E-state index in [4.69, 9.17) is 4.74 Å². The highest BCUT2D eigenvalue weighted by molar-refractivity contribution is 7.09. The van der Waals surface area contributed by atoms with E-state index in [0.29, 0.717) is 12.1 Å². The Morgan fingerprint density at radius 3 is 3.04 bits per heavy atom. The normalized spacial score (nSPS) is 23.7. The third kappa shape index (κ3) is 2.72. The molecule has 0 spiro atoms. The Bertz CT molecular complexity index is 724. The number of ether oxygens (including phenoxy) is 1. The first-order chi connectivity index (χ1) is 11.2. The van der Waals surface area contributed by atoms with Crippen LogP contribution in [0.4, 0.5) is 5.69 Å². The molecule has 1 aromatic carbocycles. The second-order valence-corrected chi connectivity index (χ2v) is 7.04. The van der Waals surface area contributed by atoms with Crippen LogP contribution >= 0.6 is 11.3 Å². The molecule has 1 N–H and O–H groups in total. The topological polar surface area (TPSA) is 54.5 Å². The van der Waals surface area contributed by atoms with Crippen LogP contribution in [-0.2, 0) is 4.74 Å². The number of carbonyl (C=O) groups is 1. The minimum atomic E-state index is -0.230. The van der Waals surface area contributed by atoms with Crippen molar-refractivity contribution in [1.82, 2.24) is 9.88 Å². The molecule has 4 rings (SSSR count). The molecule has 5 nitrogen and oxygen atoms in total. The molecule has 1 fully saturated rings. The van der Waals surface area contributed by atoms with E-state index >= 15 is 0 Å². The maximum Gasteiger partial charge on any atom is 0.257 e. The Kier molecular flexibility index (Phi) is 3.79. The lowest BCUT2D eigenvalue weighted by Crippen LogP contribution is -2.46. The highest BCUT2D eigenvalue weighted by atomic mass is 32.1.